The first-order valence-corrected chi connectivity index (χ1v) is 8.78. The average Bonchev–Trinajstić information content (AvgIpc) is 2.41. The molecule has 0 aromatic heterocycles. The molecule has 0 aromatic rings. The summed E-state index contributed by atoms with van der Waals surface area (Å²) in [7, 11) is -0.835. The largest absolute Gasteiger partial charge is 0.481 e. The van der Waals surface area contributed by atoms with Crippen LogP contribution in [0.15, 0.2) is 0 Å². The number of carbonyl (C=O) groups is 2. The third-order valence-electron chi connectivity index (χ3n) is 3.65. The minimum atomic E-state index is -0.835. The van der Waals surface area contributed by atoms with Crippen LogP contribution in [0.2, 0.25) is 0 Å². The first kappa shape index (κ1) is 16.9. The van der Waals surface area contributed by atoms with E-state index in [4.69, 9.17) is 5.11 Å². The molecular formula is C13H24N2O4S. The van der Waals surface area contributed by atoms with Crippen molar-refractivity contribution in [1.29, 1.82) is 0 Å². The van der Waals surface area contributed by atoms with Crippen molar-refractivity contribution in [3.8, 4) is 0 Å². The Labute approximate surface area is 122 Å². The quantitative estimate of drug-likeness (QED) is 0.610. The second-order valence-corrected chi connectivity index (χ2v) is 6.81. The van der Waals surface area contributed by atoms with Gasteiger partial charge in [-0.1, -0.05) is 12.8 Å². The van der Waals surface area contributed by atoms with Crippen molar-refractivity contribution in [2.24, 2.45) is 11.8 Å². The molecule has 116 valence electrons. The van der Waals surface area contributed by atoms with Crippen LogP contribution in [0, 0.1) is 11.8 Å². The van der Waals surface area contributed by atoms with E-state index in [0.717, 1.165) is 19.3 Å². The van der Waals surface area contributed by atoms with E-state index in [9.17, 15) is 13.8 Å². The van der Waals surface area contributed by atoms with Crippen LogP contribution in [0.5, 0.6) is 0 Å². The number of hydrogen-bond acceptors (Lipinski definition) is 3. The van der Waals surface area contributed by atoms with Crippen LogP contribution in [0.1, 0.15) is 32.1 Å². The van der Waals surface area contributed by atoms with Gasteiger partial charge in [0, 0.05) is 35.9 Å². The fourth-order valence-electron chi connectivity index (χ4n) is 2.54. The average molecular weight is 304 g/mol. The standard InChI is InChI=1S/C13H24N2O4S/c1-20(19)8-4-7-14-13(18)15-9-10-5-2-3-6-11(10)12(16)17/h10-11H,2-9H2,1H3,(H,16,17)(H2,14,15,18). The highest BCUT2D eigenvalue weighted by molar-refractivity contribution is 7.84. The molecule has 1 rings (SSSR count). The van der Waals surface area contributed by atoms with Gasteiger partial charge in [0.2, 0.25) is 0 Å². The lowest BCUT2D eigenvalue weighted by molar-refractivity contribution is -0.144. The number of hydrogen-bond donors (Lipinski definition) is 3. The lowest BCUT2D eigenvalue weighted by Crippen LogP contribution is -2.42. The number of nitrogens with one attached hydrogen (secondary N) is 2. The second kappa shape index (κ2) is 8.94. The molecule has 1 aliphatic rings. The topological polar surface area (TPSA) is 95.5 Å². The predicted octanol–water partition coefficient (Wildman–Crippen LogP) is 0.945. The van der Waals surface area contributed by atoms with Crippen molar-refractivity contribution < 1.29 is 18.9 Å². The molecule has 3 N–H and O–H groups in total. The summed E-state index contributed by atoms with van der Waals surface area (Å²) in [4.78, 5) is 22.7. The van der Waals surface area contributed by atoms with Crippen molar-refractivity contribution in [2.45, 2.75) is 32.1 Å². The molecule has 2 amide bonds. The minimum Gasteiger partial charge on any atom is -0.481 e. The van der Waals surface area contributed by atoms with Gasteiger partial charge >= 0.3 is 12.0 Å². The molecule has 1 saturated carbocycles. The SMILES string of the molecule is CS(=O)CCCNC(=O)NCC1CCCCC1C(=O)O. The van der Waals surface area contributed by atoms with Crippen molar-refractivity contribution in [1.82, 2.24) is 10.6 Å². The molecule has 0 bridgehead atoms. The number of rotatable bonds is 7. The van der Waals surface area contributed by atoms with E-state index in [-0.39, 0.29) is 17.9 Å². The smallest absolute Gasteiger partial charge is 0.314 e. The van der Waals surface area contributed by atoms with E-state index in [1.807, 2.05) is 0 Å². The fourth-order valence-corrected chi connectivity index (χ4v) is 3.09. The first-order chi connectivity index (χ1) is 9.50. The maximum Gasteiger partial charge on any atom is 0.314 e. The minimum absolute atomic E-state index is 0.0233. The summed E-state index contributed by atoms with van der Waals surface area (Å²) in [5.41, 5.74) is 0. The summed E-state index contributed by atoms with van der Waals surface area (Å²) in [6, 6.07) is -0.276. The Hall–Kier alpha value is -1.11. The molecular weight excluding hydrogens is 280 g/mol. The van der Waals surface area contributed by atoms with Crippen LogP contribution in [-0.2, 0) is 15.6 Å². The van der Waals surface area contributed by atoms with Gasteiger partial charge in [0.15, 0.2) is 0 Å². The number of carboxylic acid groups (broad SMARTS) is 1. The third kappa shape index (κ3) is 6.36. The van der Waals surface area contributed by atoms with Gasteiger partial charge < -0.3 is 15.7 Å². The van der Waals surface area contributed by atoms with Gasteiger partial charge in [-0.05, 0) is 25.2 Å². The van der Waals surface area contributed by atoms with E-state index < -0.39 is 16.8 Å². The molecule has 1 fully saturated rings. The van der Waals surface area contributed by atoms with Crippen molar-refractivity contribution >= 4 is 22.8 Å². The molecule has 1 aliphatic carbocycles. The van der Waals surface area contributed by atoms with Crippen LogP contribution in [0.25, 0.3) is 0 Å². The van der Waals surface area contributed by atoms with Crippen LogP contribution in [0.3, 0.4) is 0 Å². The molecule has 6 nitrogen and oxygen atoms in total. The fraction of sp³-hybridized carbons (Fsp3) is 0.846. The monoisotopic (exact) mass is 304 g/mol. The summed E-state index contributed by atoms with van der Waals surface area (Å²) >= 11 is 0. The van der Waals surface area contributed by atoms with Crippen LogP contribution in [0.4, 0.5) is 4.79 Å². The zero-order chi connectivity index (χ0) is 15.0. The number of aliphatic carboxylic acids is 1. The van der Waals surface area contributed by atoms with Gasteiger partial charge in [0.1, 0.15) is 0 Å². The van der Waals surface area contributed by atoms with Crippen LogP contribution < -0.4 is 10.6 Å². The van der Waals surface area contributed by atoms with E-state index in [2.05, 4.69) is 10.6 Å². The molecule has 0 aliphatic heterocycles. The zero-order valence-electron chi connectivity index (χ0n) is 11.9. The predicted molar refractivity (Wildman–Crippen MR) is 78.0 cm³/mol. The van der Waals surface area contributed by atoms with Gasteiger partial charge in [0.25, 0.3) is 0 Å². The zero-order valence-corrected chi connectivity index (χ0v) is 12.7. The second-order valence-electron chi connectivity index (χ2n) is 5.26. The Morgan fingerprint density at radius 1 is 1.25 bits per heavy atom. The highest BCUT2D eigenvalue weighted by Crippen LogP contribution is 2.29. The molecule has 0 heterocycles. The van der Waals surface area contributed by atoms with E-state index in [1.165, 1.54) is 0 Å². The lowest BCUT2D eigenvalue weighted by Gasteiger charge is -2.28. The number of amides is 2. The molecule has 3 atom stereocenters. The molecule has 0 radical (unpaired) electrons. The third-order valence-corrected chi connectivity index (χ3v) is 4.51. The number of urea groups is 1. The summed E-state index contributed by atoms with van der Waals surface area (Å²) in [6.07, 6.45) is 5.85. The van der Waals surface area contributed by atoms with Crippen LogP contribution in [-0.4, -0.2) is 46.4 Å². The van der Waals surface area contributed by atoms with Gasteiger partial charge in [-0.25, -0.2) is 4.79 Å². The van der Waals surface area contributed by atoms with Crippen molar-refractivity contribution in [3.63, 3.8) is 0 Å². The first-order valence-electron chi connectivity index (χ1n) is 7.05. The highest BCUT2D eigenvalue weighted by Gasteiger charge is 2.30. The summed E-state index contributed by atoms with van der Waals surface area (Å²) in [5, 5.41) is 14.6. The summed E-state index contributed by atoms with van der Waals surface area (Å²) in [6.45, 7) is 0.890. The van der Waals surface area contributed by atoms with Gasteiger partial charge in [-0.3, -0.25) is 9.00 Å². The Morgan fingerprint density at radius 2 is 1.95 bits per heavy atom. The van der Waals surface area contributed by atoms with Crippen LogP contribution >= 0.6 is 0 Å². The number of carbonyl (C=O) groups excluding carboxylic acids is 1. The molecule has 7 heteroatoms. The summed E-state index contributed by atoms with van der Waals surface area (Å²) in [5.74, 6) is -0.506. The van der Waals surface area contributed by atoms with Crippen molar-refractivity contribution in [2.75, 3.05) is 25.1 Å². The lowest BCUT2D eigenvalue weighted by atomic mass is 9.79. The number of carboxylic acids is 1. The maximum absolute atomic E-state index is 11.6. The van der Waals surface area contributed by atoms with E-state index in [0.29, 0.717) is 31.7 Å². The molecule has 0 spiro atoms. The Balaban J connectivity index is 2.22. The highest BCUT2D eigenvalue weighted by atomic mass is 32.2. The molecule has 0 aromatic carbocycles. The maximum atomic E-state index is 11.6. The van der Waals surface area contributed by atoms with Crippen molar-refractivity contribution in [3.05, 3.63) is 0 Å². The Kier molecular flexibility index (Phi) is 7.58. The molecule has 0 saturated heterocycles. The van der Waals surface area contributed by atoms with Gasteiger partial charge in [-0.15, -0.1) is 0 Å². The van der Waals surface area contributed by atoms with E-state index in [1.54, 1.807) is 6.26 Å². The molecule has 20 heavy (non-hydrogen) atoms. The summed E-state index contributed by atoms with van der Waals surface area (Å²) < 4.78 is 10.8. The molecule has 3 unspecified atom stereocenters. The normalized spacial score (nSPS) is 23.9. The van der Waals surface area contributed by atoms with Gasteiger partial charge in [-0.2, -0.15) is 0 Å². The Bertz CT molecular complexity index is 362. The van der Waals surface area contributed by atoms with Gasteiger partial charge in [0.05, 0.1) is 5.92 Å². The Morgan fingerprint density at radius 3 is 2.60 bits per heavy atom. The van der Waals surface area contributed by atoms with E-state index >= 15 is 0 Å².